The van der Waals surface area contributed by atoms with Gasteiger partial charge in [0.25, 0.3) is 0 Å². The number of aromatic nitrogens is 2. The van der Waals surface area contributed by atoms with Crippen LogP contribution < -0.4 is 0 Å². The number of carbonyl (C=O) groups is 2. The van der Waals surface area contributed by atoms with Crippen LogP contribution in [0.5, 0.6) is 0 Å². The zero-order valence-electron chi connectivity index (χ0n) is 11.8. The monoisotopic (exact) mass is 272 g/mol. The van der Waals surface area contributed by atoms with Crippen molar-refractivity contribution in [3.8, 4) is 0 Å². The third-order valence-corrected chi connectivity index (χ3v) is 3.84. The lowest BCUT2D eigenvalue weighted by Crippen LogP contribution is -2.30. The molecule has 0 amide bonds. The summed E-state index contributed by atoms with van der Waals surface area (Å²) in [5.41, 5.74) is 4.27. The molecule has 0 radical (unpaired) electrons. The van der Waals surface area contributed by atoms with Crippen molar-refractivity contribution in [3.63, 3.8) is 0 Å². The number of ketones is 1. The number of rotatable bonds is 1. The smallest absolute Gasteiger partial charge is 0.316 e. The first kappa shape index (κ1) is 12.8. The third-order valence-electron chi connectivity index (χ3n) is 3.84. The van der Waals surface area contributed by atoms with E-state index in [1.54, 1.807) is 4.52 Å². The van der Waals surface area contributed by atoms with E-state index < -0.39 is 11.9 Å². The van der Waals surface area contributed by atoms with Gasteiger partial charge in [-0.3, -0.25) is 9.59 Å². The summed E-state index contributed by atoms with van der Waals surface area (Å²) in [6, 6.07) is 2.02. The van der Waals surface area contributed by atoms with Crippen molar-refractivity contribution in [2.24, 2.45) is 5.92 Å². The first-order valence-electron chi connectivity index (χ1n) is 6.63. The topological polar surface area (TPSA) is 60.7 Å². The first-order chi connectivity index (χ1) is 9.52. The molecule has 0 fully saturated rings. The zero-order valence-corrected chi connectivity index (χ0v) is 11.8. The van der Waals surface area contributed by atoms with Crippen molar-refractivity contribution in [3.05, 3.63) is 34.6 Å². The molecule has 1 aliphatic carbocycles. The number of methoxy groups -OCH3 is 1. The molecule has 1 unspecified atom stereocenters. The highest BCUT2D eigenvalue weighted by molar-refractivity contribution is 6.14. The van der Waals surface area contributed by atoms with E-state index >= 15 is 0 Å². The number of esters is 1. The van der Waals surface area contributed by atoms with E-state index in [0.717, 1.165) is 22.3 Å². The standard InChI is InChI=1S/C15H16N2O3/c1-8-6-9(2)13-12-11(16-17(13)7-8)5-4-10(14(12)18)15(19)20-3/h6-7,10H,4-5H2,1-3H3. The molecule has 5 heteroatoms. The van der Waals surface area contributed by atoms with Crippen molar-refractivity contribution >= 4 is 17.3 Å². The van der Waals surface area contributed by atoms with Gasteiger partial charge in [0.2, 0.25) is 0 Å². The Morgan fingerprint density at radius 1 is 1.45 bits per heavy atom. The number of nitrogens with zero attached hydrogens (tertiary/aromatic N) is 2. The van der Waals surface area contributed by atoms with E-state index in [4.69, 9.17) is 4.74 Å². The lowest BCUT2D eigenvalue weighted by molar-refractivity contribution is -0.143. The Bertz CT molecular complexity index is 730. The summed E-state index contributed by atoms with van der Waals surface area (Å²) in [5.74, 6) is -1.31. The van der Waals surface area contributed by atoms with Crippen molar-refractivity contribution < 1.29 is 14.3 Å². The Morgan fingerprint density at radius 3 is 2.90 bits per heavy atom. The molecule has 0 saturated heterocycles. The van der Waals surface area contributed by atoms with E-state index in [9.17, 15) is 9.59 Å². The molecule has 1 atom stereocenters. The molecule has 2 aromatic rings. The first-order valence-corrected chi connectivity index (χ1v) is 6.63. The minimum absolute atomic E-state index is 0.167. The Labute approximate surface area is 116 Å². The molecule has 1 aliphatic rings. The van der Waals surface area contributed by atoms with Crippen LogP contribution in [0, 0.1) is 19.8 Å². The second-order valence-corrected chi connectivity index (χ2v) is 5.29. The van der Waals surface area contributed by atoms with E-state index in [0.29, 0.717) is 18.4 Å². The summed E-state index contributed by atoms with van der Waals surface area (Å²) in [4.78, 5) is 24.3. The summed E-state index contributed by atoms with van der Waals surface area (Å²) in [6.45, 7) is 3.95. The van der Waals surface area contributed by atoms with Gasteiger partial charge in [-0.05, 0) is 37.8 Å². The highest BCUT2D eigenvalue weighted by atomic mass is 16.5. The number of hydrogen-bond donors (Lipinski definition) is 0. The normalized spacial score (nSPS) is 18.1. The van der Waals surface area contributed by atoms with Crippen LogP contribution >= 0.6 is 0 Å². The molecule has 3 rings (SSSR count). The van der Waals surface area contributed by atoms with Gasteiger partial charge in [-0.25, -0.2) is 4.52 Å². The molecular weight excluding hydrogens is 256 g/mol. The molecule has 0 bridgehead atoms. The molecule has 0 aromatic carbocycles. The average Bonchev–Trinajstić information content (AvgIpc) is 2.77. The number of fused-ring (bicyclic) bond motifs is 3. The van der Waals surface area contributed by atoms with Gasteiger partial charge in [0, 0.05) is 6.20 Å². The van der Waals surface area contributed by atoms with E-state index in [2.05, 4.69) is 5.10 Å². The summed E-state index contributed by atoms with van der Waals surface area (Å²) < 4.78 is 6.48. The molecule has 0 saturated carbocycles. The van der Waals surface area contributed by atoms with Gasteiger partial charge >= 0.3 is 5.97 Å². The maximum Gasteiger partial charge on any atom is 0.316 e. The summed E-state index contributed by atoms with van der Waals surface area (Å²) in [5, 5.41) is 4.49. The van der Waals surface area contributed by atoms with Gasteiger partial charge < -0.3 is 4.74 Å². The van der Waals surface area contributed by atoms with Crippen LogP contribution in [0.25, 0.3) is 5.52 Å². The molecule has 0 aliphatic heterocycles. The van der Waals surface area contributed by atoms with E-state index in [1.807, 2.05) is 26.1 Å². The van der Waals surface area contributed by atoms with E-state index in [1.165, 1.54) is 7.11 Å². The third kappa shape index (κ3) is 1.73. The van der Waals surface area contributed by atoms with Crippen molar-refractivity contribution in [2.45, 2.75) is 26.7 Å². The molecule has 5 nitrogen and oxygen atoms in total. The lowest BCUT2D eigenvalue weighted by atomic mass is 9.85. The number of ether oxygens (including phenoxy) is 1. The van der Waals surface area contributed by atoms with Gasteiger partial charge in [-0.2, -0.15) is 5.10 Å². The molecule has 0 N–H and O–H groups in total. The van der Waals surface area contributed by atoms with Crippen LogP contribution in [-0.4, -0.2) is 28.5 Å². The summed E-state index contributed by atoms with van der Waals surface area (Å²) >= 11 is 0. The Balaban J connectivity index is 2.21. The number of Topliss-reactive ketones (excluding diaryl/α,β-unsaturated/α-hetero) is 1. The summed E-state index contributed by atoms with van der Waals surface area (Å²) in [7, 11) is 1.32. The molecular formula is C15H16N2O3. The van der Waals surface area contributed by atoms with Crippen molar-refractivity contribution in [1.82, 2.24) is 9.61 Å². The van der Waals surface area contributed by atoms with Crippen LogP contribution in [0.4, 0.5) is 0 Å². The fourth-order valence-electron chi connectivity index (χ4n) is 2.98. The highest BCUT2D eigenvalue weighted by Crippen LogP contribution is 2.30. The predicted octanol–water partition coefficient (Wildman–Crippen LogP) is 1.87. The molecule has 0 spiro atoms. The average molecular weight is 272 g/mol. The van der Waals surface area contributed by atoms with Gasteiger partial charge in [0.05, 0.1) is 23.9 Å². The summed E-state index contributed by atoms with van der Waals surface area (Å²) in [6.07, 6.45) is 3.00. The molecule has 104 valence electrons. The minimum atomic E-state index is -0.693. The largest absolute Gasteiger partial charge is 0.468 e. The van der Waals surface area contributed by atoms with Crippen LogP contribution in [0.1, 0.15) is 33.6 Å². The van der Waals surface area contributed by atoms with E-state index in [-0.39, 0.29) is 5.78 Å². The number of aryl methyl sites for hydroxylation is 3. The maximum absolute atomic E-state index is 12.6. The fraction of sp³-hybridized carbons (Fsp3) is 0.400. The SMILES string of the molecule is COC(=O)C1CCc2nn3cc(C)cc(C)c3c2C1=O. The Hall–Kier alpha value is -2.17. The van der Waals surface area contributed by atoms with Crippen molar-refractivity contribution in [2.75, 3.05) is 7.11 Å². The number of pyridine rings is 1. The van der Waals surface area contributed by atoms with Gasteiger partial charge in [-0.1, -0.05) is 6.07 Å². The fourth-order valence-corrected chi connectivity index (χ4v) is 2.98. The second kappa shape index (κ2) is 4.44. The predicted molar refractivity (Wildman–Crippen MR) is 72.8 cm³/mol. The van der Waals surface area contributed by atoms with Crippen LogP contribution in [-0.2, 0) is 16.0 Å². The highest BCUT2D eigenvalue weighted by Gasteiger charge is 2.37. The quantitative estimate of drug-likeness (QED) is 0.587. The zero-order chi connectivity index (χ0) is 14.4. The van der Waals surface area contributed by atoms with Crippen LogP contribution in [0.2, 0.25) is 0 Å². The number of hydrogen-bond acceptors (Lipinski definition) is 4. The molecule has 2 heterocycles. The second-order valence-electron chi connectivity index (χ2n) is 5.29. The van der Waals surface area contributed by atoms with Crippen LogP contribution in [0.15, 0.2) is 12.3 Å². The minimum Gasteiger partial charge on any atom is -0.468 e. The Kier molecular flexibility index (Phi) is 2.85. The number of carbonyl (C=O) groups excluding carboxylic acids is 2. The van der Waals surface area contributed by atoms with Gasteiger partial charge in [-0.15, -0.1) is 0 Å². The van der Waals surface area contributed by atoms with Crippen LogP contribution in [0.3, 0.4) is 0 Å². The Morgan fingerprint density at radius 2 is 2.20 bits per heavy atom. The van der Waals surface area contributed by atoms with Crippen molar-refractivity contribution in [1.29, 1.82) is 0 Å². The molecule has 2 aromatic heterocycles. The van der Waals surface area contributed by atoms with Gasteiger partial charge in [0.15, 0.2) is 5.78 Å². The lowest BCUT2D eigenvalue weighted by Gasteiger charge is -2.18. The maximum atomic E-state index is 12.6. The van der Waals surface area contributed by atoms with Gasteiger partial charge in [0.1, 0.15) is 5.92 Å². The molecule has 20 heavy (non-hydrogen) atoms.